The third-order valence-corrected chi connectivity index (χ3v) is 3.65. The van der Waals surface area contributed by atoms with Gasteiger partial charge in [-0.15, -0.1) is 0 Å². The molecule has 0 aliphatic carbocycles. The van der Waals surface area contributed by atoms with E-state index in [0.717, 1.165) is 38.6 Å². The van der Waals surface area contributed by atoms with E-state index in [-0.39, 0.29) is 12.1 Å². The fourth-order valence-electron chi connectivity index (χ4n) is 2.98. The maximum absolute atomic E-state index is 9.64. The summed E-state index contributed by atoms with van der Waals surface area (Å²) in [6, 6.07) is 0.402. The van der Waals surface area contributed by atoms with Crippen LogP contribution in [0.15, 0.2) is 0 Å². The summed E-state index contributed by atoms with van der Waals surface area (Å²) in [5.41, 5.74) is -0.186. The van der Waals surface area contributed by atoms with Gasteiger partial charge in [0.2, 0.25) is 0 Å². The molecule has 1 unspecified atom stereocenters. The summed E-state index contributed by atoms with van der Waals surface area (Å²) >= 11 is 0. The van der Waals surface area contributed by atoms with Crippen LogP contribution in [0.5, 0.6) is 0 Å². The first-order valence-electron chi connectivity index (χ1n) is 7.68. The van der Waals surface area contributed by atoms with Crippen molar-refractivity contribution >= 4 is 0 Å². The normalized spacial score (nSPS) is 22.1. The summed E-state index contributed by atoms with van der Waals surface area (Å²) < 4.78 is 0. The van der Waals surface area contributed by atoms with Crippen LogP contribution in [0.2, 0.25) is 0 Å². The van der Waals surface area contributed by atoms with Gasteiger partial charge in [0, 0.05) is 45.3 Å². The molecule has 0 spiro atoms. The van der Waals surface area contributed by atoms with Gasteiger partial charge < -0.3 is 15.3 Å². The summed E-state index contributed by atoms with van der Waals surface area (Å²) in [5.74, 6) is 0.747. The molecule has 0 aromatic rings. The minimum atomic E-state index is -0.186. The number of rotatable bonds is 7. The van der Waals surface area contributed by atoms with Gasteiger partial charge in [-0.25, -0.2) is 0 Å². The molecule has 1 aliphatic heterocycles. The van der Waals surface area contributed by atoms with E-state index < -0.39 is 0 Å². The second kappa shape index (κ2) is 7.58. The molecular weight excluding hydrogens is 238 g/mol. The molecule has 0 amide bonds. The van der Waals surface area contributed by atoms with Crippen LogP contribution in [-0.2, 0) is 0 Å². The molecule has 0 aromatic heterocycles. The van der Waals surface area contributed by atoms with E-state index in [1.54, 1.807) is 0 Å². The standard InChI is InChI=1S/C15H33N3O/c1-13(2)10-17-6-8-18(9-7-17)11-15(5,12-19)16-14(3)4/h13-14,16,19H,6-12H2,1-5H3. The van der Waals surface area contributed by atoms with Crippen molar-refractivity contribution in [1.29, 1.82) is 0 Å². The third kappa shape index (κ3) is 6.21. The summed E-state index contributed by atoms with van der Waals surface area (Å²) in [7, 11) is 0. The maximum atomic E-state index is 9.64. The molecule has 114 valence electrons. The fourth-order valence-corrected chi connectivity index (χ4v) is 2.98. The van der Waals surface area contributed by atoms with Gasteiger partial charge in [-0.3, -0.25) is 4.90 Å². The van der Waals surface area contributed by atoms with Gasteiger partial charge in [-0.05, 0) is 12.8 Å². The van der Waals surface area contributed by atoms with E-state index in [1.165, 1.54) is 6.54 Å². The molecule has 1 rings (SSSR count). The molecule has 0 aromatic carbocycles. The quantitative estimate of drug-likeness (QED) is 0.725. The number of aliphatic hydroxyl groups excluding tert-OH is 1. The molecule has 4 nitrogen and oxygen atoms in total. The number of nitrogens with one attached hydrogen (secondary N) is 1. The molecule has 2 N–H and O–H groups in total. The maximum Gasteiger partial charge on any atom is 0.0623 e. The first kappa shape index (κ1) is 16.9. The number of aliphatic hydroxyl groups is 1. The van der Waals surface area contributed by atoms with Crippen LogP contribution in [0.25, 0.3) is 0 Å². The van der Waals surface area contributed by atoms with Crippen molar-refractivity contribution in [1.82, 2.24) is 15.1 Å². The van der Waals surface area contributed by atoms with Gasteiger partial charge in [-0.2, -0.15) is 0 Å². The topological polar surface area (TPSA) is 38.7 Å². The monoisotopic (exact) mass is 271 g/mol. The second-order valence-electron chi connectivity index (χ2n) is 6.99. The zero-order valence-electron chi connectivity index (χ0n) is 13.4. The summed E-state index contributed by atoms with van der Waals surface area (Å²) in [6.45, 7) is 17.8. The van der Waals surface area contributed by atoms with Crippen molar-refractivity contribution < 1.29 is 5.11 Å². The van der Waals surface area contributed by atoms with E-state index in [2.05, 4.69) is 49.7 Å². The van der Waals surface area contributed by atoms with Crippen LogP contribution in [0.1, 0.15) is 34.6 Å². The van der Waals surface area contributed by atoms with Gasteiger partial charge in [0.05, 0.1) is 12.1 Å². The highest BCUT2D eigenvalue weighted by Crippen LogP contribution is 2.11. The highest BCUT2D eigenvalue weighted by Gasteiger charge is 2.28. The third-order valence-electron chi connectivity index (χ3n) is 3.65. The average Bonchev–Trinajstić information content (AvgIpc) is 2.30. The molecule has 19 heavy (non-hydrogen) atoms. The van der Waals surface area contributed by atoms with E-state index in [9.17, 15) is 5.11 Å². The lowest BCUT2D eigenvalue weighted by Crippen LogP contribution is -2.59. The Hall–Kier alpha value is -0.160. The number of piperazine rings is 1. The second-order valence-corrected chi connectivity index (χ2v) is 6.99. The number of nitrogens with zero attached hydrogens (tertiary/aromatic N) is 2. The Morgan fingerprint density at radius 3 is 2.00 bits per heavy atom. The van der Waals surface area contributed by atoms with Crippen molar-refractivity contribution in [3.8, 4) is 0 Å². The first-order chi connectivity index (χ1) is 8.84. The molecule has 4 heteroatoms. The molecule has 1 saturated heterocycles. The highest BCUT2D eigenvalue weighted by atomic mass is 16.3. The molecule has 0 bridgehead atoms. The van der Waals surface area contributed by atoms with Gasteiger partial charge in [0.1, 0.15) is 0 Å². The van der Waals surface area contributed by atoms with Crippen molar-refractivity contribution in [3.05, 3.63) is 0 Å². The van der Waals surface area contributed by atoms with E-state index in [4.69, 9.17) is 0 Å². The zero-order chi connectivity index (χ0) is 14.5. The highest BCUT2D eigenvalue weighted by molar-refractivity contribution is 4.89. The Balaban J connectivity index is 2.38. The van der Waals surface area contributed by atoms with Crippen molar-refractivity contribution in [2.75, 3.05) is 45.9 Å². The number of hydrogen-bond acceptors (Lipinski definition) is 4. The summed E-state index contributed by atoms with van der Waals surface area (Å²) in [6.07, 6.45) is 0. The lowest BCUT2D eigenvalue weighted by Gasteiger charge is -2.41. The van der Waals surface area contributed by atoms with E-state index in [0.29, 0.717) is 6.04 Å². The van der Waals surface area contributed by atoms with Crippen LogP contribution in [0, 0.1) is 5.92 Å². The lowest BCUT2D eigenvalue weighted by atomic mass is 10.0. The van der Waals surface area contributed by atoms with Crippen LogP contribution >= 0.6 is 0 Å². The molecule has 1 atom stereocenters. The van der Waals surface area contributed by atoms with Gasteiger partial charge >= 0.3 is 0 Å². The predicted octanol–water partition coefficient (Wildman–Crippen LogP) is 1.01. The van der Waals surface area contributed by atoms with Crippen LogP contribution in [0.3, 0.4) is 0 Å². The Morgan fingerprint density at radius 1 is 1.05 bits per heavy atom. The van der Waals surface area contributed by atoms with Crippen LogP contribution in [0.4, 0.5) is 0 Å². The Morgan fingerprint density at radius 2 is 1.58 bits per heavy atom. The van der Waals surface area contributed by atoms with E-state index >= 15 is 0 Å². The fraction of sp³-hybridized carbons (Fsp3) is 1.00. The predicted molar refractivity (Wildman–Crippen MR) is 81.5 cm³/mol. The van der Waals surface area contributed by atoms with Crippen LogP contribution in [-0.4, -0.2) is 72.4 Å². The molecule has 1 fully saturated rings. The minimum Gasteiger partial charge on any atom is -0.394 e. The summed E-state index contributed by atoms with van der Waals surface area (Å²) in [5, 5.41) is 13.1. The zero-order valence-corrected chi connectivity index (χ0v) is 13.4. The molecule has 1 heterocycles. The molecule has 0 saturated carbocycles. The van der Waals surface area contributed by atoms with Crippen molar-refractivity contribution in [3.63, 3.8) is 0 Å². The molecule has 1 aliphatic rings. The van der Waals surface area contributed by atoms with Gasteiger partial charge in [0.15, 0.2) is 0 Å². The molecule has 0 radical (unpaired) electrons. The minimum absolute atomic E-state index is 0.186. The lowest BCUT2D eigenvalue weighted by molar-refractivity contribution is 0.0710. The van der Waals surface area contributed by atoms with Crippen LogP contribution < -0.4 is 5.32 Å². The largest absolute Gasteiger partial charge is 0.394 e. The Bertz CT molecular complexity index is 250. The Kier molecular flexibility index (Phi) is 6.74. The number of hydrogen-bond donors (Lipinski definition) is 2. The van der Waals surface area contributed by atoms with Gasteiger partial charge in [0.25, 0.3) is 0 Å². The van der Waals surface area contributed by atoms with E-state index in [1.807, 2.05) is 0 Å². The van der Waals surface area contributed by atoms with Crippen molar-refractivity contribution in [2.24, 2.45) is 5.92 Å². The smallest absolute Gasteiger partial charge is 0.0623 e. The SMILES string of the molecule is CC(C)CN1CCN(CC(C)(CO)NC(C)C)CC1. The first-order valence-corrected chi connectivity index (χ1v) is 7.68. The summed E-state index contributed by atoms with van der Waals surface area (Å²) in [4.78, 5) is 5.02. The average molecular weight is 271 g/mol. The van der Waals surface area contributed by atoms with Crippen molar-refractivity contribution in [2.45, 2.75) is 46.2 Å². The Labute approximate surface area is 119 Å². The van der Waals surface area contributed by atoms with Gasteiger partial charge in [-0.1, -0.05) is 27.7 Å². The molecular formula is C15H33N3O.